The zero-order chi connectivity index (χ0) is 11.3. The van der Waals surface area contributed by atoms with Crippen LogP contribution in [0.15, 0.2) is 12.3 Å². The number of hydrogen-bond donors (Lipinski definition) is 1. The summed E-state index contributed by atoms with van der Waals surface area (Å²) < 4.78 is 5.47. The van der Waals surface area contributed by atoms with E-state index in [1.807, 2.05) is 13.0 Å². The molecule has 1 aliphatic heterocycles. The molecule has 0 unspecified atom stereocenters. The summed E-state index contributed by atoms with van der Waals surface area (Å²) in [4.78, 5) is 20.5. The quantitative estimate of drug-likeness (QED) is 0.722. The molecule has 16 heavy (non-hydrogen) atoms. The number of rotatable bonds is 0. The molecular formula is C11H11N3O2. The summed E-state index contributed by atoms with van der Waals surface area (Å²) in [6.45, 7) is 2.05. The fourth-order valence-electron chi connectivity index (χ4n) is 1.92. The maximum Gasteiger partial charge on any atom is 0.264 e. The summed E-state index contributed by atoms with van der Waals surface area (Å²) in [6.07, 6.45) is 1.67. The van der Waals surface area contributed by atoms with Gasteiger partial charge in [0, 0.05) is 12.7 Å². The van der Waals surface area contributed by atoms with Crippen LogP contribution in [0.4, 0.5) is 5.69 Å². The van der Waals surface area contributed by atoms with E-state index in [9.17, 15) is 4.79 Å². The van der Waals surface area contributed by atoms with E-state index >= 15 is 0 Å². The van der Waals surface area contributed by atoms with E-state index in [1.165, 1.54) is 0 Å². The van der Waals surface area contributed by atoms with E-state index in [0.29, 0.717) is 11.4 Å². The van der Waals surface area contributed by atoms with Gasteiger partial charge in [0.1, 0.15) is 11.2 Å². The predicted octanol–water partition coefficient (Wildman–Crippen LogP) is 1.23. The van der Waals surface area contributed by atoms with Crippen LogP contribution in [0.2, 0.25) is 0 Å². The van der Waals surface area contributed by atoms with E-state index < -0.39 is 0 Å². The van der Waals surface area contributed by atoms with Gasteiger partial charge < -0.3 is 14.6 Å². The van der Waals surface area contributed by atoms with Crippen molar-refractivity contribution in [1.29, 1.82) is 0 Å². The zero-order valence-corrected chi connectivity index (χ0v) is 9.07. The minimum atomic E-state index is -0.0584. The van der Waals surface area contributed by atoms with Crippen molar-refractivity contribution in [3.63, 3.8) is 0 Å². The fourth-order valence-corrected chi connectivity index (χ4v) is 1.92. The van der Waals surface area contributed by atoms with Crippen molar-refractivity contribution in [3.05, 3.63) is 18.0 Å². The highest BCUT2D eigenvalue weighted by atomic mass is 16.5. The number of amides is 1. The van der Waals surface area contributed by atoms with E-state index in [1.54, 1.807) is 18.1 Å². The van der Waals surface area contributed by atoms with Gasteiger partial charge in [0.15, 0.2) is 12.4 Å². The van der Waals surface area contributed by atoms with Crippen LogP contribution < -0.4 is 9.64 Å². The molecule has 0 radical (unpaired) electrons. The molecule has 1 amide bonds. The van der Waals surface area contributed by atoms with Crippen LogP contribution >= 0.6 is 0 Å². The number of likely N-dealkylation sites (N-methyl/N-ethyl adjacent to an activating group) is 1. The normalized spacial score (nSPS) is 15.1. The molecule has 2 aromatic rings. The molecule has 0 atom stereocenters. The maximum absolute atomic E-state index is 11.5. The molecule has 0 spiro atoms. The molecule has 0 saturated heterocycles. The number of aromatic amines is 1. The molecule has 1 aliphatic rings. The van der Waals surface area contributed by atoms with Gasteiger partial charge in [-0.1, -0.05) is 0 Å². The van der Waals surface area contributed by atoms with E-state index in [2.05, 4.69) is 9.97 Å². The number of nitrogens with zero attached hydrogens (tertiary/aromatic N) is 2. The number of hydrogen-bond acceptors (Lipinski definition) is 3. The number of fused-ring (bicyclic) bond motifs is 3. The number of H-pyrrole nitrogens is 1. The highest BCUT2D eigenvalue weighted by Crippen LogP contribution is 2.36. The van der Waals surface area contributed by atoms with Gasteiger partial charge in [-0.25, -0.2) is 0 Å². The second-order valence-corrected chi connectivity index (χ2v) is 3.93. The Balaban J connectivity index is 2.30. The van der Waals surface area contributed by atoms with Crippen LogP contribution in [0.3, 0.4) is 0 Å². The van der Waals surface area contributed by atoms with Crippen LogP contribution in [0.5, 0.6) is 5.75 Å². The lowest BCUT2D eigenvalue weighted by atomic mass is 10.2. The van der Waals surface area contributed by atoms with Crippen molar-refractivity contribution in [2.45, 2.75) is 6.92 Å². The summed E-state index contributed by atoms with van der Waals surface area (Å²) in [5.74, 6) is 0.650. The summed E-state index contributed by atoms with van der Waals surface area (Å²) >= 11 is 0. The number of aryl methyl sites for hydroxylation is 1. The molecule has 5 heteroatoms. The molecule has 3 heterocycles. The number of ether oxygens (including phenoxy) is 1. The van der Waals surface area contributed by atoms with Crippen LogP contribution in [-0.4, -0.2) is 29.5 Å². The second kappa shape index (κ2) is 2.98. The molecule has 0 fully saturated rings. The lowest BCUT2D eigenvalue weighted by Crippen LogP contribution is -2.35. The summed E-state index contributed by atoms with van der Waals surface area (Å²) in [7, 11) is 1.73. The van der Waals surface area contributed by atoms with Crippen LogP contribution in [0.25, 0.3) is 11.0 Å². The number of pyridine rings is 1. The van der Waals surface area contributed by atoms with Crippen molar-refractivity contribution in [2.24, 2.45) is 0 Å². The van der Waals surface area contributed by atoms with Gasteiger partial charge in [0.05, 0.1) is 11.7 Å². The summed E-state index contributed by atoms with van der Waals surface area (Å²) in [5, 5.41) is 0. The molecule has 0 saturated carbocycles. The monoisotopic (exact) mass is 217 g/mol. The Labute approximate surface area is 92.0 Å². The Bertz CT molecular complexity index is 588. The molecule has 82 valence electrons. The van der Waals surface area contributed by atoms with Gasteiger partial charge in [0.25, 0.3) is 5.91 Å². The molecule has 2 aromatic heterocycles. The van der Waals surface area contributed by atoms with Crippen LogP contribution in [0, 0.1) is 6.92 Å². The minimum Gasteiger partial charge on any atom is -0.479 e. The van der Waals surface area contributed by atoms with E-state index in [0.717, 1.165) is 16.7 Å². The Kier molecular flexibility index (Phi) is 1.71. The Morgan fingerprint density at radius 2 is 2.38 bits per heavy atom. The van der Waals surface area contributed by atoms with Gasteiger partial charge in [-0.15, -0.1) is 0 Å². The summed E-state index contributed by atoms with van der Waals surface area (Å²) in [6, 6.07) is 1.95. The average Bonchev–Trinajstić information content (AvgIpc) is 2.63. The first-order valence-corrected chi connectivity index (χ1v) is 5.04. The third kappa shape index (κ3) is 1.11. The number of carbonyl (C=O) groups is 1. The summed E-state index contributed by atoms with van der Waals surface area (Å²) in [5.41, 5.74) is 3.46. The van der Waals surface area contributed by atoms with Crippen molar-refractivity contribution < 1.29 is 9.53 Å². The smallest absolute Gasteiger partial charge is 0.264 e. The SMILES string of the molecule is Cc1cc2ncc3c(c2[nH]1)OCC(=O)N3C. The van der Waals surface area contributed by atoms with Crippen molar-refractivity contribution >= 4 is 22.6 Å². The van der Waals surface area contributed by atoms with Crippen molar-refractivity contribution in [3.8, 4) is 5.75 Å². The largest absolute Gasteiger partial charge is 0.479 e. The Morgan fingerprint density at radius 3 is 3.19 bits per heavy atom. The molecule has 0 aliphatic carbocycles. The molecule has 1 N–H and O–H groups in total. The second-order valence-electron chi connectivity index (χ2n) is 3.93. The number of carbonyl (C=O) groups excluding carboxylic acids is 1. The van der Waals surface area contributed by atoms with Gasteiger partial charge in [-0.3, -0.25) is 9.78 Å². The van der Waals surface area contributed by atoms with Crippen LogP contribution in [0.1, 0.15) is 5.69 Å². The molecule has 5 nitrogen and oxygen atoms in total. The lowest BCUT2D eigenvalue weighted by Gasteiger charge is -2.25. The first-order chi connectivity index (χ1) is 7.66. The third-order valence-electron chi connectivity index (χ3n) is 2.79. The first-order valence-electron chi connectivity index (χ1n) is 5.04. The number of aromatic nitrogens is 2. The average molecular weight is 217 g/mol. The highest BCUT2D eigenvalue weighted by molar-refractivity contribution is 6.01. The fraction of sp³-hybridized carbons (Fsp3) is 0.273. The Hall–Kier alpha value is -2.04. The molecule has 0 bridgehead atoms. The van der Waals surface area contributed by atoms with Gasteiger partial charge >= 0.3 is 0 Å². The van der Waals surface area contributed by atoms with Crippen molar-refractivity contribution in [1.82, 2.24) is 9.97 Å². The molecule has 3 rings (SSSR count). The third-order valence-corrected chi connectivity index (χ3v) is 2.79. The van der Waals surface area contributed by atoms with Gasteiger partial charge in [0.2, 0.25) is 0 Å². The minimum absolute atomic E-state index is 0.0584. The molecular weight excluding hydrogens is 206 g/mol. The predicted molar refractivity (Wildman–Crippen MR) is 59.7 cm³/mol. The van der Waals surface area contributed by atoms with Gasteiger partial charge in [-0.05, 0) is 13.0 Å². The zero-order valence-electron chi connectivity index (χ0n) is 9.07. The standard InChI is InChI=1S/C11H11N3O2/c1-6-3-7-10(13-6)11-8(4-12-7)14(2)9(15)5-16-11/h3-4,13H,5H2,1-2H3. The Morgan fingerprint density at radius 1 is 1.56 bits per heavy atom. The number of anilines is 1. The lowest BCUT2D eigenvalue weighted by molar-refractivity contribution is -0.120. The van der Waals surface area contributed by atoms with E-state index in [4.69, 9.17) is 4.74 Å². The highest BCUT2D eigenvalue weighted by Gasteiger charge is 2.25. The topological polar surface area (TPSA) is 58.2 Å². The number of nitrogens with one attached hydrogen (secondary N) is 1. The van der Waals surface area contributed by atoms with Crippen molar-refractivity contribution in [2.75, 3.05) is 18.6 Å². The van der Waals surface area contributed by atoms with Gasteiger partial charge in [-0.2, -0.15) is 0 Å². The van der Waals surface area contributed by atoms with E-state index in [-0.39, 0.29) is 12.5 Å². The first kappa shape index (κ1) is 9.21. The maximum atomic E-state index is 11.5. The van der Waals surface area contributed by atoms with Crippen LogP contribution in [-0.2, 0) is 4.79 Å². The molecule has 0 aromatic carbocycles.